The van der Waals surface area contributed by atoms with E-state index in [1.807, 2.05) is 0 Å². The SMILES string of the molecule is C[C@@]12CCCCCC1=NN(C(=O)c1ccccc1)[C@@]2(O)C(F)(F)F. The fraction of sp³-hybridized carbons (Fsp3) is 0.529. The van der Waals surface area contributed by atoms with E-state index in [4.69, 9.17) is 0 Å². The van der Waals surface area contributed by atoms with Crippen LogP contribution in [-0.2, 0) is 0 Å². The Hall–Kier alpha value is -1.89. The molecular formula is C17H19F3N2O2. The van der Waals surface area contributed by atoms with Gasteiger partial charge in [-0.15, -0.1) is 0 Å². The van der Waals surface area contributed by atoms with Crippen molar-refractivity contribution in [1.82, 2.24) is 5.01 Å². The molecule has 7 heteroatoms. The highest BCUT2D eigenvalue weighted by molar-refractivity contribution is 6.00. The Balaban J connectivity index is 2.12. The molecule has 1 saturated carbocycles. The second-order valence-corrected chi connectivity index (χ2v) is 6.59. The zero-order chi connectivity index (χ0) is 17.6. The van der Waals surface area contributed by atoms with Crippen molar-refractivity contribution in [2.24, 2.45) is 10.5 Å². The van der Waals surface area contributed by atoms with Gasteiger partial charge in [0.2, 0.25) is 0 Å². The van der Waals surface area contributed by atoms with Gasteiger partial charge in [-0.05, 0) is 38.3 Å². The number of halogens is 3. The van der Waals surface area contributed by atoms with Gasteiger partial charge in [0.1, 0.15) is 0 Å². The molecule has 1 amide bonds. The summed E-state index contributed by atoms with van der Waals surface area (Å²) in [5.74, 6) is -0.947. The van der Waals surface area contributed by atoms with Crippen molar-refractivity contribution in [3.05, 3.63) is 35.9 Å². The summed E-state index contributed by atoms with van der Waals surface area (Å²) in [6, 6.07) is 7.60. The minimum Gasteiger partial charge on any atom is -0.361 e. The van der Waals surface area contributed by atoms with Crippen LogP contribution in [0.15, 0.2) is 35.4 Å². The van der Waals surface area contributed by atoms with Gasteiger partial charge in [-0.2, -0.15) is 23.3 Å². The third-order valence-electron chi connectivity index (χ3n) is 5.13. The summed E-state index contributed by atoms with van der Waals surface area (Å²) in [6.07, 6.45) is -2.47. The summed E-state index contributed by atoms with van der Waals surface area (Å²) < 4.78 is 41.7. The molecule has 0 saturated heterocycles. The highest BCUT2D eigenvalue weighted by Crippen LogP contribution is 2.55. The van der Waals surface area contributed by atoms with Crippen LogP contribution in [0.5, 0.6) is 0 Å². The molecular weight excluding hydrogens is 321 g/mol. The molecule has 1 aliphatic carbocycles. The number of fused-ring (bicyclic) bond motifs is 1. The Morgan fingerprint density at radius 2 is 1.88 bits per heavy atom. The van der Waals surface area contributed by atoms with Crippen LogP contribution in [0.4, 0.5) is 13.2 Å². The number of carbonyl (C=O) groups is 1. The van der Waals surface area contributed by atoms with E-state index in [1.54, 1.807) is 18.2 Å². The molecule has 0 unspecified atom stereocenters. The lowest BCUT2D eigenvalue weighted by molar-refractivity contribution is -0.328. The zero-order valence-electron chi connectivity index (χ0n) is 13.3. The van der Waals surface area contributed by atoms with E-state index >= 15 is 0 Å². The standard InChI is InChI=1S/C17H19F3N2O2/c1-15-11-7-3-6-10-13(15)21-22(16(15,24)17(18,19)20)14(23)12-8-4-2-5-9-12/h2,4-5,8-9,24H,3,6-7,10-11H2,1H3/t15-,16+/m1/s1. The lowest BCUT2D eigenvalue weighted by Crippen LogP contribution is -2.65. The monoisotopic (exact) mass is 340 g/mol. The fourth-order valence-electron chi connectivity index (χ4n) is 3.66. The molecule has 4 nitrogen and oxygen atoms in total. The third kappa shape index (κ3) is 2.25. The maximum Gasteiger partial charge on any atom is 0.439 e. The van der Waals surface area contributed by atoms with Crippen molar-refractivity contribution in [2.75, 3.05) is 0 Å². The Morgan fingerprint density at radius 1 is 1.21 bits per heavy atom. The van der Waals surface area contributed by atoms with Crippen LogP contribution in [0.2, 0.25) is 0 Å². The number of carbonyl (C=O) groups excluding carboxylic acids is 1. The van der Waals surface area contributed by atoms with Crippen molar-refractivity contribution in [3.8, 4) is 0 Å². The van der Waals surface area contributed by atoms with Crippen LogP contribution in [-0.4, -0.2) is 33.6 Å². The largest absolute Gasteiger partial charge is 0.439 e. The number of benzene rings is 1. The first kappa shape index (κ1) is 17.0. The van der Waals surface area contributed by atoms with Gasteiger partial charge in [0.05, 0.1) is 5.41 Å². The molecule has 0 aromatic heterocycles. The smallest absolute Gasteiger partial charge is 0.361 e. The van der Waals surface area contributed by atoms with Crippen LogP contribution < -0.4 is 0 Å². The molecule has 1 heterocycles. The number of alkyl halides is 3. The molecule has 130 valence electrons. The highest BCUT2D eigenvalue weighted by atomic mass is 19.4. The first-order valence-electron chi connectivity index (χ1n) is 7.98. The normalized spacial score (nSPS) is 30.5. The average Bonchev–Trinajstić information content (AvgIpc) is 2.66. The predicted octanol–water partition coefficient (Wildman–Crippen LogP) is 3.72. The van der Waals surface area contributed by atoms with Crippen molar-refractivity contribution < 1.29 is 23.1 Å². The maximum absolute atomic E-state index is 13.9. The molecule has 2 atom stereocenters. The van der Waals surface area contributed by atoms with Gasteiger partial charge in [-0.25, -0.2) is 0 Å². The van der Waals surface area contributed by atoms with Crippen molar-refractivity contribution in [3.63, 3.8) is 0 Å². The van der Waals surface area contributed by atoms with Crippen LogP contribution >= 0.6 is 0 Å². The lowest BCUT2D eigenvalue weighted by atomic mass is 9.72. The van der Waals surface area contributed by atoms with Gasteiger partial charge >= 0.3 is 6.18 Å². The van der Waals surface area contributed by atoms with E-state index in [-0.39, 0.29) is 22.7 Å². The van der Waals surface area contributed by atoms with Crippen molar-refractivity contribution in [2.45, 2.75) is 50.9 Å². The first-order chi connectivity index (χ1) is 11.2. The molecule has 1 fully saturated rings. The van der Waals surface area contributed by atoms with E-state index in [0.29, 0.717) is 19.3 Å². The molecule has 1 N–H and O–H groups in total. The quantitative estimate of drug-likeness (QED) is 0.847. The minimum absolute atomic E-state index is 0.0598. The minimum atomic E-state index is -5.01. The van der Waals surface area contributed by atoms with Crippen LogP contribution in [0.3, 0.4) is 0 Å². The van der Waals surface area contributed by atoms with E-state index in [2.05, 4.69) is 5.10 Å². The summed E-state index contributed by atoms with van der Waals surface area (Å²) in [6.45, 7) is 1.36. The summed E-state index contributed by atoms with van der Waals surface area (Å²) in [5.41, 5.74) is -4.63. The number of rotatable bonds is 1. The number of nitrogens with zero attached hydrogens (tertiary/aromatic N) is 2. The molecule has 2 aliphatic rings. The second-order valence-electron chi connectivity index (χ2n) is 6.59. The molecule has 1 aliphatic heterocycles. The van der Waals surface area contributed by atoms with Gasteiger partial charge in [0.25, 0.3) is 11.6 Å². The Labute approximate surface area is 138 Å². The van der Waals surface area contributed by atoms with Crippen LogP contribution in [0.25, 0.3) is 0 Å². The topological polar surface area (TPSA) is 52.9 Å². The summed E-state index contributed by atoms with van der Waals surface area (Å²) in [7, 11) is 0. The van der Waals surface area contributed by atoms with Gasteiger partial charge in [-0.1, -0.05) is 31.0 Å². The van der Waals surface area contributed by atoms with Gasteiger partial charge < -0.3 is 5.11 Å². The summed E-state index contributed by atoms with van der Waals surface area (Å²) >= 11 is 0. The fourth-order valence-corrected chi connectivity index (χ4v) is 3.66. The Bertz CT molecular complexity index is 674. The number of hydrazone groups is 1. The average molecular weight is 340 g/mol. The van der Waals surface area contributed by atoms with Crippen LogP contribution in [0, 0.1) is 5.41 Å². The number of aliphatic hydroxyl groups is 1. The first-order valence-corrected chi connectivity index (χ1v) is 7.98. The molecule has 0 radical (unpaired) electrons. The van der Waals surface area contributed by atoms with Gasteiger partial charge in [0.15, 0.2) is 0 Å². The molecule has 0 bridgehead atoms. The number of amides is 1. The molecule has 1 aromatic carbocycles. The lowest BCUT2D eigenvalue weighted by Gasteiger charge is -2.43. The van der Waals surface area contributed by atoms with E-state index in [1.165, 1.54) is 19.1 Å². The molecule has 0 spiro atoms. The second kappa shape index (κ2) is 5.58. The zero-order valence-corrected chi connectivity index (χ0v) is 13.3. The molecule has 1 aromatic rings. The Kier molecular flexibility index (Phi) is 3.94. The highest BCUT2D eigenvalue weighted by Gasteiger charge is 2.73. The Morgan fingerprint density at radius 3 is 2.50 bits per heavy atom. The number of hydrogen-bond acceptors (Lipinski definition) is 3. The maximum atomic E-state index is 13.9. The summed E-state index contributed by atoms with van der Waals surface area (Å²) in [5, 5.41) is 15.0. The molecule has 3 rings (SSSR count). The van der Waals surface area contributed by atoms with Crippen molar-refractivity contribution in [1.29, 1.82) is 0 Å². The van der Waals surface area contributed by atoms with E-state index in [9.17, 15) is 23.1 Å². The van der Waals surface area contributed by atoms with Crippen LogP contribution in [0.1, 0.15) is 49.4 Å². The van der Waals surface area contributed by atoms with E-state index < -0.39 is 23.2 Å². The predicted molar refractivity (Wildman–Crippen MR) is 82.2 cm³/mol. The van der Waals surface area contributed by atoms with Gasteiger partial charge in [0, 0.05) is 11.3 Å². The van der Waals surface area contributed by atoms with E-state index in [0.717, 1.165) is 6.42 Å². The number of hydrogen-bond donors (Lipinski definition) is 1. The third-order valence-corrected chi connectivity index (χ3v) is 5.13. The molecule has 24 heavy (non-hydrogen) atoms. The van der Waals surface area contributed by atoms with Crippen molar-refractivity contribution >= 4 is 11.6 Å². The van der Waals surface area contributed by atoms with Gasteiger partial charge in [-0.3, -0.25) is 4.79 Å². The summed E-state index contributed by atoms with van der Waals surface area (Å²) in [4.78, 5) is 12.6.